The first-order valence-electron chi connectivity index (χ1n) is 17.6. The third-order valence-corrected chi connectivity index (χ3v) is 9.83. The fourth-order valence-corrected chi connectivity index (χ4v) is 6.31. The average Bonchev–Trinajstić information content (AvgIpc) is 3.08. The molecule has 4 aromatic carbocycles. The Labute approximate surface area is 335 Å². The molecule has 8 nitrogen and oxygen atoms in total. The van der Waals surface area contributed by atoms with E-state index in [0.29, 0.717) is 23.0 Å². The van der Waals surface area contributed by atoms with Crippen molar-refractivity contribution in [3.8, 4) is 23.0 Å². The largest absolute Gasteiger partial charge is 2.00 e. The molecule has 0 saturated carbocycles. The third kappa shape index (κ3) is 18.2. The molecular weight excluding hydrogens is 713 g/mol. The van der Waals surface area contributed by atoms with Gasteiger partial charge in [0.05, 0.1) is 9.79 Å². The van der Waals surface area contributed by atoms with Gasteiger partial charge in [-0.25, -0.2) is 16.8 Å². The monoisotopic (exact) mass is 762 g/mol. The first kappa shape index (κ1) is 44.7. The average molecular weight is 763 g/mol. The van der Waals surface area contributed by atoms with Gasteiger partial charge < -0.3 is 18.6 Å². The van der Waals surface area contributed by atoms with Crippen LogP contribution in [0.1, 0.15) is 102 Å². The molecule has 0 bridgehead atoms. The van der Waals surface area contributed by atoms with Crippen LogP contribution in [-0.2, 0) is 33.1 Å². The molecule has 272 valence electrons. The molecule has 0 aliphatic heterocycles. The van der Waals surface area contributed by atoms with Crippen molar-refractivity contribution < 1.29 is 35.4 Å². The molecule has 0 fully saturated rings. The van der Waals surface area contributed by atoms with Gasteiger partial charge in [-0.05, 0) is 110 Å². The van der Waals surface area contributed by atoms with Gasteiger partial charge in [-0.15, -0.1) is 0 Å². The fraction of sp³-hybridized carbons (Fsp3) is 0.400. The molecule has 4 aromatic rings. The Morgan fingerprint density at radius 2 is 0.784 bits per heavy atom. The minimum Gasteiger partial charge on any atom is -0.744 e. The molecule has 0 radical (unpaired) electrons. The summed E-state index contributed by atoms with van der Waals surface area (Å²) in [4.78, 5) is -0.506. The summed E-state index contributed by atoms with van der Waals surface area (Å²) in [7, 11) is -8.85. The van der Waals surface area contributed by atoms with Crippen molar-refractivity contribution in [2.45, 2.75) is 114 Å². The summed E-state index contributed by atoms with van der Waals surface area (Å²) < 4.78 is 77.1. The summed E-state index contributed by atoms with van der Waals surface area (Å²) in [5.74, 6) is 2.43. The zero-order valence-electron chi connectivity index (χ0n) is 29.9. The van der Waals surface area contributed by atoms with E-state index >= 15 is 0 Å². The van der Waals surface area contributed by atoms with Crippen molar-refractivity contribution in [3.63, 3.8) is 0 Å². The fourth-order valence-electron chi connectivity index (χ4n) is 5.37. The molecule has 0 aliphatic rings. The predicted octanol–water partition coefficient (Wildman–Crippen LogP) is 10.2. The first-order valence-corrected chi connectivity index (χ1v) is 20.4. The van der Waals surface area contributed by atoms with Gasteiger partial charge >= 0.3 is 37.7 Å². The van der Waals surface area contributed by atoms with Crippen molar-refractivity contribution >= 4 is 58.0 Å². The van der Waals surface area contributed by atoms with E-state index in [1.165, 1.54) is 137 Å². The second-order valence-corrected chi connectivity index (χ2v) is 15.1. The van der Waals surface area contributed by atoms with Crippen molar-refractivity contribution in [3.05, 3.63) is 108 Å². The van der Waals surface area contributed by atoms with E-state index in [1.54, 1.807) is 0 Å². The Hall–Kier alpha value is -2.44. The molecule has 0 unspecified atom stereocenters. The number of rotatable bonds is 20. The second-order valence-electron chi connectivity index (χ2n) is 12.4. The third-order valence-electron chi connectivity index (χ3n) is 8.13. The van der Waals surface area contributed by atoms with E-state index in [2.05, 4.69) is 26.0 Å². The molecule has 0 aromatic heterocycles. The topological polar surface area (TPSA) is 133 Å². The quantitative estimate of drug-likeness (QED) is 0.0494. The maximum atomic E-state index is 10.9. The van der Waals surface area contributed by atoms with Crippen LogP contribution in [0.4, 0.5) is 0 Å². The Balaban J connectivity index is 0.000000347. The molecule has 0 atom stereocenters. The number of hydrogen-bond acceptors (Lipinski definition) is 8. The van der Waals surface area contributed by atoms with E-state index in [0.717, 1.165) is 12.8 Å². The van der Waals surface area contributed by atoms with Crippen LogP contribution in [0, 0.1) is 0 Å². The van der Waals surface area contributed by atoms with Crippen LogP contribution in [0.5, 0.6) is 23.0 Å². The summed E-state index contributed by atoms with van der Waals surface area (Å²) >= 11 is 0. The van der Waals surface area contributed by atoms with Gasteiger partial charge in [-0.1, -0.05) is 102 Å². The van der Waals surface area contributed by atoms with E-state index in [1.807, 2.05) is 36.4 Å². The van der Waals surface area contributed by atoms with Gasteiger partial charge in [0.2, 0.25) is 0 Å². The molecule has 0 aliphatic carbocycles. The summed E-state index contributed by atoms with van der Waals surface area (Å²) in [6, 6.07) is 26.8. The van der Waals surface area contributed by atoms with Crippen LogP contribution >= 0.6 is 0 Å². The molecule has 0 spiro atoms. The Morgan fingerprint density at radius 3 is 1.12 bits per heavy atom. The molecule has 51 heavy (non-hydrogen) atoms. The van der Waals surface area contributed by atoms with Crippen LogP contribution in [0.2, 0.25) is 0 Å². The van der Waals surface area contributed by atoms with Gasteiger partial charge in [0.15, 0.2) is 0 Å². The maximum absolute atomic E-state index is 10.9. The van der Waals surface area contributed by atoms with Gasteiger partial charge in [0.1, 0.15) is 43.2 Å². The van der Waals surface area contributed by atoms with Crippen LogP contribution in [0.3, 0.4) is 0 Å². The molecule has 0 saturated heterocycles. The first-order chi connectivity index (χ1) is 24.0. The Morgan fingerprint density at radius 1 is 0.451 bits per heavy atom. The van der Waals surface area contributed by atoms with Crippen LogP contribution in [0.15, 0.2) is 107 Å². The van der Waals surface area contributed by atoms with Crippen LogP contribution in [0.25, 0.3) is 0 Å². The standard InChI is InChI=1S/2C20H26O4S.Ca/c2*1-2-3-4-5-6-7-9-17-10-8-11-19(16-17)24-18-12-14-20(15-13-18)25(21,22)23;/h2*8,10-16H,2-7,9H2,1H3,(H,21,22,23);/q;;+2/p-2. The van der Waals surface area contributed by atoms with Gasteiger partial charge in [-0.3, -0.25) is 0 Å². The smallest absolute Gasteiger partial charge is 0.744 e. The Bertz CT molecular complexity index is 1640. The summed E-state index contributed by atoms with van der Waals surface area (Å²) in [5.41, 5.74) is 2.46. The zero-order valence-corrected chi connectivity index (χ0v) is 33.8. The number of hydrogen-bond donors (Lipinski definition) is 0. The van der Waals surface area contributed by atoms with Gasteiger partial charge in [0, 0.05) is 0 Å². The molecule has 0 N–H and O–H groups in total. The molecular formula is C40H50CaO8S2. The summed E-state index contributed by atoms with van der Waals surface area (Å²) in [6.07, 6.45) is 17.3. The number of ether oxygens (including phenoxy) is 2. The SMILES string of the molecule is CCCCCCCCc1cccc(Oc2ccc(S(=O)(=O)[O-])cc2)c1.CCCCCCCCc1cccc(Oc2ccc(S(=O)(=O)[O-])cc2)c1.[Ca+2]. The number of benzene rings is 4. The normalized spacial score (nSPS) is 11.2. The zero-order chi connectivity index (χ0) is 36.2. The second kappa shape index (κ2) is 24.0. The predicted molar refractivity (Wildman–Crippen MR) is 202 cm³/mol. The van der Waals surface area contributed by atoms with Crippen molar-refractivity contribution in [2.75, 3.05) is 0 Å². The minimum atomic E-state index is -4.42. The van der Waals surface area contributed by atoms with Crippen molar-refractivity contribution in [1.82, 2.24) is 0 Å². The molecule has 0 amide bonds. The molecule has 0 heterocycles. The van der Waals surface area contributed by atoms with E-state index in [-0.39, 0.29) is 47.5 Å². The summed E-state index contributed by atoms with van der Waals surface area (Å²) in [5, 5.41) is 0. The Kier molecular flexibility index (Phi) is 21.0. The molecule has 11 heteroatoms. The maximum Gasteiger partial charge on any atom is 2.00 e. The number of aryl methyl sites for hydroxylation is 2. The van der Waals surface area contributed by atoms with E-state index in [9.17, 15) is 25.9 Å². The van der Waals surface area contributed by atoms with Gasteiger partial charge in [0.25, 0.3) is 0 Å². The van der Waals surface area contributed by atoms with E-state index in [4.69, 9.17) is 9.47 Å². The van der Waals surface area contributed by atoms with Crippen molar-refractivity contribution in [2.24, 2.45) is 0 Å². The minimum absolute atomic E-state index is 0. The summed E-state index contributed by atoms with van der Waals surface area (Å²) in [6.45, 7) is 4.44. The number of unbranched alkanes of at least 4 members (excludes halogenated alkanes) is 10. The molecule has 4 rings (SSSR count). The van der Waals surface area contributed by atoms with E-state index < -0.39 is 20.2 Å². The van der Waals surface area contributed by atoms with Gasteiger partial charge in [-0.2, -0.15) is 0 Å². The van der Waals surface area contributed by atoms with Crippen molar-refractivity contribution in [1.29, 1.82) is 0 Å². The van der Waals surface area contributed by atoms with Crippen LogP contribution in [-0.4, -0.2) is 63.7 Å². The van der Waals surface area contributed by atoms with Crippen LogP contribution < -0.4 is 9.47 Å².